The van der Waals surface area contributed by atoms with Crippen molar-refractivity contribution in [2.75, 3.05) is 24.7 Å². The van der Waals surface area contributed by atoms with E-state index < -0.39 is 0 Å². The second kappa shape index (κ2) is 8.92. The molecule has 2 heterocycles. The van der Waals surface area contributed by atoms with Gasteiger partial charge < -0.3 is 9.47 Å². The normalized spacial score (nSPS) is 12.4. The van der Waals surface area contributed by atoms with Gasteiger partial charge in [-0.2, -0.15) is 0 Å². The van der Waals surface area contributed by atoms with Crippen molar-refractivity contribution >= 4 is 22.4 Å². The molecule has 0 saturated carbocycles. The van der Waals surface area contributed by atoms with Crippen LogP contribution in [0.1, 0.15) is 12.0 Å². The van der Waals surface area contributed by atoms with Gasteiger partial charge >= 0.3 is 0 Å². The molecule has 148 valence electrons. The molecule has 1 aromatic heterocycles. The average Bonchev–Trinajstić information content (AvgIpc) is 3.26. The van der Waals surface area contributed by atoms with Crippen LogP contribution in [-0.4, -0.2) is 30.6 Å². The molecule has 1 aliphatic rings. The maximum absolute atomic E-state index is 12.9. The van der Waals surface area contributed by atoms with Crippen LogP contribution in [0.25, 0.3) is 11.3 Å². The van der Waals surface area contributed by atoms with Crippen LogP contribution in [0.5, 0.6) is 11.5 Å². The van der Waals surface area contributed by atoms with E-state index in [-0.39, 0.29) is 5.91 Å². The Morgan fingerprint density at radius 2 is 1.93 bits per heavy atom. The topological polar surface area (TPSA) is 51.7 Å². The minimum atomic E-state index is 0.0220. The summed E-state index contributed by atoms with van der Waals surface area (Å²) >= 11 is 1.47. The molecule has 0 aliphatic carbocycles. The number of carbonyl (C=O) groups is 1. The van der Waals surface area contributed by atoms with Crippen LogP contribution in [0, 0.1) is 0 Å². The molecule has 0 N–H and O–H groups in total. The summed E-state index contributed by atoms with van der Waals surface area (Å²) in [5.41, 5.74) is 2.96. The highest BCUT2D eigenvalue weighted by atomic mass is 32.1. The summed E-state index contributed by atoms with van der Waals surface area (Å²) in [6.45, 7) is 5.35. The molecule has 0 saturated heterocycles. The van der Waals surface area contributed by atoms with Gasteiger partial charge in [-0.05, 0) is 24.1 Å². The van der Waals surface area contributed by atoms with Crippen molar-refractivity contribution in [3.05, 3.63) is 72.1 Å². The van der Waals surface area contributed by atoms with Crippen LogP contribution >= 0.6 is 11.3 Å². The third kappa shape index (κ3) is 4.49. The van der Waals surface area contributed by atoms with Crippen LogP contribution in [0.4, 0.5) is 5.13 Å². The highest BCUT2D eigenvalue weighted by Crippen LogP contribution is 2.31. The van der Waals surface area contributed by atoms with Crippen LogP contribution in [0.15, 0.2) is 66.6 Å². The molecule has 1 amide bonds. The lowest BCUT2D eigenvalue weighted by molar-refractivity contribution is -0.118. The van der Waals surface area contributed by atoms with E-state index in [1.807, 2.05) is 53.9 Å². The molecule has 4 rings (SSSR count). The number of fused-ring (bicyclic) bond motifs is 1. The van der Waals surface area contributed by atoms with Crippen molar-refractivity contribution in [1.82, 2.24) is 4.98 Å². The summed E-state index contributed by atoms with van der Waals surface area (Å²) in [5, 5.41) is 2.67. The number of aromatic nitrogens is 1. The summed E-state index contributed by atoms with van der Waals surface area (Å²) in [5.74, 6) is 1.53. The number of aryl methyl sites for hydroxylation is 1. The predicted molar refractivity (Wildman–Crippen MR) is 116 cm³/mol. The Hall–Kier alpha value is -3.12. The Morgan fingerprint density at radius 3 is 2.72 bits per heavy atom. The molecule has 6 heteroatoms. The van der Waals surface area contributed by atoms with Crippen molar-refractivity contribution in [3.8, 4) is 22.8 Å². The van der Waals surface area contributed by atoms with E-state index >= 15 is 0 Å². The van der Waals surface area contributed by atoms with Crippen molar-refractivity contribution in [2.24, 2.45) is 0 Å². The molecule has 0 fully saturated rings. The summed E-state index contributed by atoms with van der Waals surface area (Å²) in [6.07, 6.45) is 2.74. The van der Waals surface area contributed by atoms with Crippen LogP contribution in [0.2, 0.25) is 0 Å². The summed E-state index contributed by atoms with van der Waals surface area (Å²) in [6, 6.07) is 15.8. The zero-order valence-electron chi connectivity index (χ0n) is 16.0. The number of carbonyl (C=O) groups excluding carboxylic acids is 1. The molecule has 0 radical (unpaired) electrons. The van der Waals surface area contributed by atoms with Gasteiger partial charge in [-0.3, -0.25) is 9.69 Å². The zero-order chi connectivity index (χ0) is 20.1. The Balaban J connectivity index is 1.45. The number of benzene rings is 2. The monoisotopic (exact) mass is 406 g/mol. The quantitative estimate of drug-likeness (QED) is 0.532. The third-order valence-electron chi connectivity index (χ3n) is 4.64. The average molecular weight is 407 g/mol. The van der Waals surface area contributed by atoms with E-state index in [4.69, 9.17) is 9.47 Å². The van der Waals surface area contributed by atoms with Crippen molar-refractivity contribution in [3.63, 3.8) is 0 Å². The standard InChI is InChI=1S/C23H22N2O3S/c1-2-12-25(23-24-19(16-29-23)18-6-4-3-5-7-18)22(26)11-9-17-8-10-20-21(15-17)28-14-13-27-20/h2-8,10,15-16H,1,9,11-14H2. The second-order valence-corrected chi connectivity index (χ2v) is 7.49. The van der Waals surface area contributed by atoms with Crippen LogP contribution < -0.4 is 14.4 Å². The molecule has 0 spiro atoms. The minimum absolute atomic E-state index is 0.0220. The van der Waals surface area contributed by atoms with Gasteiger partial charge in [0.05, 0.1) is 5.69 Å². The maximum Gasteiger partial charge on any atom is 0.229 e. The lowest BCUT2D eigenvalue weighted by Crippen LogP contribution is -2.31. The number of thiazole rings is 1. The highest BCUT2D eigenvalue weighted by Gasteiger charge is 2.19. The lowest BCUT2D eigenvalue weighted by Gasteiger charge is -2.20. The van der Waals surface area contributed by atoms with Crippen LogP contribution in [-0.2, 0) is 11.2 Å². The minimum Gasteiger partial charge on any atom is -0.486 e. The van der Waals surface area contributed by atoms with Gasteiger partial charge in [-0.25, -0.2) is 4.98 Å². The van der Waals surface area contributed by atoms with Gasteiger partial charge in [-0.15, -0.1) is 17.9 Å². The number of rotatable bonds is 7. The van der Waals surface area contributed by atoms with Gasteiger partial charge in [0.1, 0.15) is 13.2 Å². The maximum atomic E-state index is 12.9. The van der Waals surface area contributed by atoms with Gasteiger partial charge in [0, 0.05) is 23.9 Å². The molecule has 5 nitrogen and oxygen atoms in total. The first-order valence-electron chi connectivity index (χ1n) is 9.55. The van der Waals surface area contributed by atoms with E-state index in [0.29, 0.717) is 37.7 Å². The summed E-state index contributed by atoms with van der Waals surface area (Å²) in [7, 11) is 0. The first kappa shape index (κ1) is 19.2. The van der Waals surface area contributed by atoms with Gasteiger partial charge in [-0.1, -0.05) is 42.5 Å². The fourth-order valence-corrected chi connectivity index (χ4v) is 4.04. The SMILES string of the molecule is C=CCN(C(=O)CCc1ccc2c(c1)OCCO2)c1nc(-c2ccccc2)cs1. The predicted octanol–water partition coefficient (Wildman–Crippen LogP) is 4.73. The first-order valence-corrected chi connectivity index (χ1v) is 10.4. The first-order chi connectivity index (χ1) is 14.2. The van der Waals surface area contributed by atoms with E-state index in [1.54, 1.807) is 11.0 Å². The Kier molecular flexibility index (Phi) is 5.91. The summed E-state index contributed by atoms with van der Waals surface area (Å²) in [4.78, 5) is 19.3. The molecular weight excluding hydrogens is 384 g/mol. The van der Waals surface area contributed by atoms with Gasteiger partial charge in [0.25, 0.3) is 0 Å². The van der Waals surface area contributed by atoms with Crippen molar-refractivity contribution in [2.45, 2.75) is 12.8 Å². The Morgan fingerprint density at radius 1 is 1.14 bits per heavy atom. The van der Waals surface area contributed by atoms with E-state index in [0.717, 1.165) is 28.3 Å². The molecule has 1 aliphatic heterocycles. The van der Waals surface area contributed by atoms with E-state index in [1.165, 1.54) is 11.3 Å². The van der Waals surface area contributed by atoms with Crippen LogP contribution in [0.3, 0.4) is 0 Å². The second-order valence-electron chi connectivity index (χ2n) is 6.65. The van der Waals surface area contributed by atoms with Gasteiger partial charge in [0.2, 0.25) is 5.91 Å². The number of hydrogen-bond donors (Lipinski definition) is 0. The summed E-state index contributed by atoms with van der Waals surface area (Å²) < 4.78 is 11.2. The Bertz CT molecular complexity index is 1000. The van der Waals surface area contributed by atoms with E-state index in [2.05, 4.69) is 11.6 Å². The number of ether oxygens (including phenoxy) is 2. The molecule has 2 aromatic carbocycles. The molecule has 0 atom stereocenters. The molecule has 29 heavy (non-hydrogen) atoms. The molecular formula is C23H22N2O3S. The van der Waals surface area contributed by atoms with Gasteiger partial charge in [0.15, 0.2) is 16.6 Å². The van der Waals surface area contributed by atoms with Crippen molar-refractivity contribution in [1.29, 1.82) is 0 Å². The number of amides is 1. The van der Waals surface area contributed by atoms with E-state index in [9.17, 15) is 4.79 Å². The highest BCUT2D eigenvalue weighted by molar-refractivity contribution is 7.14. The molecule has 3 aromatic rings. The zero-order valence-corrected chi connectivity index (χ0v) is 16.9. The third-order valence-corrected chi connectivity index (χ3v) is 5.50. The smallest absolute Gasteiger partial charge is 0.229 e. The fraction of sp³-hybridized carbons (Fsp3) is 0.217. The molecule has 0 bridgehead atoms. The van der Waals surface area contributed by atoms with Crippen molar-refractivity contribution < 1.29 is 14.3 Å². The number of hydrogen-bond acceptors (Lipinski definition) is 5. The lowest BCUT2D eigenvalue weighted by atomic mass is 10.1. The molecule has 0 unspecified atom stereocenters. The number of nitrogens with zero attached hydrogens (tertiary/aromatic N) is 2. The number of anilines is 1. The largest absolute Gasteiger partial charge is 0.486 e. The Labute approximate surface area is 174 Å². The fourth-order valence-electron chi connectivity index (χ4n) is 3.17.